The first-order chi connectivity index (χ1) is 7.67. The molecule has 6 heteroatoms. The quantitative estimate of drug-likeness (QED) is 0.663. The average Bonchev–Trinajstić information content (AvgIpc) is 2.35. The van der Waals surface area contributed by atoms with E-state index in [0.29, 0.717) is 26.1 Å². The second-order valence-electron chi connectivity index (χ2n) is 3.71. The van der Waals surface area contributed by atoms with Crippen molar-refractivity contribution in [2.45, 2.75) is 6.42 Å². The van der Waals surface area contributed by atoms with E-state index in [1.54, 1.807) is 11.9 Å². The summed E-state index contributed by atoms with van der Waals surface area (Å²) in [6, 6.07) is -0.0346. The second kappa shape index (κ2) is 6.32. The standard InChI is InChI=1S/C10H19N3O3/c1-11-10(15)13-7-5-12(6-8-13)4-3-9(14)16-2/h3-8H2,1-2H3,(H,11,15). The molecule has 0 unspecified atom stereocenters. The molecule has 0 bridgehead atoms. The normalized spacial score (nSPS) is 17.0. The number of esters is 1. The minimum Gasteiger partial charge on any atom is -0.469 e. The molecular formula is C10H19N3O3. The summed E-state index contributed by atoms with van der Waals surface area (Å²) in [5, 5.41) is 2.60. The van der Waals surface area contributed by atoms with E-state index in [9.17, 15) is 9.59 Å². The van der Waals surface area contributed by atoms with Crippen LogP contribution >= 0.6 is 0 Å². The molecule has 2 amide bonds. The highest BCUT2D eigenvalue weighted by atomic mass is 16.5. The van der Waals surface area contributed by atoms with Crippen LogP contribution in [-0.2, 0) is 9.53 Å². The van der Waals surface area contributed by atoms with Crippen molar-refractivity contribution >= 4 is 12.0 Å². The molecule has 0 atom stereocenters. The van der Waals surface area contributed by atoms with Crippen LogP contribution in [0.2, 0.25) is 0 Å². The van der Waals surface area contributed by atoms with E-state index in [2.05, 4.69) is 15.0 Å². The molecule has 1 aliphatic heterocycles. The number of ether oxygens (including phenoxy) is 1. The SMILES string of the molecule is CNC(=O)N1CCN(CCC(=O)OC)CC1. The smallest absolute Gasteiger partial charge is 0.317 e. The molecule has 1 fully saturated rings. The van der Waals surface area contributed by atoms with Crippen molar-refractivity contribution in [2.24, 2.45) is 0 Å². The molecule has 0 aromatic carbocycles. The molecule has 0 radical (unpaired) electrons. The van der Waals surface area contributed by atoms with Gasteiger partial charge in [0.15, 0.2) is 0 Å². The van der Waals surface area contributed by atoms with Crippen LogP contribution in [0.4, 0.5) is 4.79 Å². The minimum atomic E-state index is -0.186. The predicted molar refractivity (Wildman–Crippen MR) is 59.1 cm³/mol. The van der Waals surface area contributed by atoms with Gasteiger partial charge in [-0.05, 0) is 0 Å². The van der Waals surface area contributed by atoms with Gasteiger partial charge in [-0.25, -0.2) is 4.79 Å². The molecule has 0 aromatic rings. The lowest BCUT2D eigenvalue weighted by Gasteiger charge is -2.34. The number of carbonyl (C=O) groups excluding carboxylic acids is 2. The third-order valence-electron chi connectivity index (χ3n) is 2.73. The van der Waals surface area contributed by atoms with Crippen molar-refractivity contribution in [1.82, 2.24) is 15.1 Å². The Balaban J connectivity index is 2.22. The van der Waals surface area contributed by atoms with Crippen LogP contribution in [0.15, 0.2) is 0 Å². The summed E-state index contributed by atoms with van der Waals surface area (Å²) in [7, 11) is 3.03. The summed E-state index contributed by atoms with van der Waals surface area (Å²) in [5.74, 6) is -0.186. The Labute approximate surface area is 95.5 Å². The van der Waals surface area contributed by atoms with E-state index < -0.39 is 0 Å². The van der Waals surface area contributed by atoms with Gasteiger partial charge in [-0.3, -0.25) is 9.69 Å². The zero-order chi connectivity index (χ0) is 12.0. The van der Waals surface area contributed by atoms with E-state index in [-0.39, 0.29) is 12.0 Å². The van der Waals surface area contributed by atoms with Crippen molar-refractivity contribution in [2.75, 3.05) is 46.9 Å². The topological polar surface area (TPSA) is 61.9 Å². The van der Waals surface area contributed by atoms with E-state index in [4.69, 9.17) is 0 Å². The molecular weight excluding hydrogens is 210 g/mol. The van der Waals surface area contributed by atoms with E-state index >= 15 is 0 Å². The van der Waals surface area contributed by atoms with Crippen molar-refractivity contribution in [3.63, 3.8) is 0 Å². The lowest BCUT2D eigenvalue weighted by atomic mass is 10.3. The Morgan fingerprint density at radius 1 is 1.25 bits per heavy atom. The van der Waals surface area contributed by atoms with Gasteiger partial charge in [0.05, 0.1) is 13.5 Å². The number of nitrogens with zero attached hydrogens (tertiary/aromatic N) is 2. The summed E-state index contributed by atoms with van der Waals surface area (Å²) in [6.07, 6.45) is 0.413. The van der Waals surface area contributed by atoms with E-state index in [1.165, 1.54) is 7.11 Å². The molecule has 16 heavy (non-hydrogen) atoms. The Kier molecular flexibility index (Phi) is 5.04. The fraction of sp³-hybridized carbons (Fsp3) is 0.800. The van der Waals surface area contributed by atoms with Crippen molar-refractivity contribution in [1.29, 1.82) is 0 Å². The molecule has 0 spiro atoms. The van der Waals surface area contributed by atoms with Gasteiger partial charge < -0.3 is 15.0 Å². The van der Waals surface area contributed by atoms with Crippen LogP contribution in [0.25, 0.3) is 0 Å². The molecule has 92 valence electrons. The van der Waals surface area contributed by atoms with Crippen molar-refractivity contribution < 1.29 is 14.3 Å². The Hall–Kier alpha value is -1.30. The van der Waals surface area contributed by atoms with E-state index in [0.717, 1.165) is 13.1 Å². The van der Waals surface area contributed by atoms with Crippen molar-refractivity contribution in [3.05, 3.63) is 0 Å². The monoisotopic (exact) mass is 229 g/mol. The number of nitrogens with one attached hydrogen (secondary N) is 1. The van der Waals surface area contributed by atoms with Gasteiger partial charge in [-0.15, -0.1) is 0 Å². The molecule has 0 saturated carbocycles. The van der Waals surface area contributed by atoms with Gasteiger partial charge in [-0.2, -0.15) is 0 Å². The van der Waals surface area contributed by atoms with Crippen LogP contribution in [0.3, 0.4) is 0 Å². The minimum absolute atomic E-state index is 0.0346. The molecule has 1 rings (SSSR count). The largest absolute Gasteiger partial charge is 0.469 e. The summed E-state index contributed by atoms with van der Waals surface area (Å²) >= 11 is 0. The Morgan fingerprint density at radius 3 is 2.38 bits per heavy atom. The van der Waals surface area contributed by atoms with Crippen LogP contribution in [-0.4, -0.2) is 68.7 Å². The lowest BCUT2D eigenvalue weighted by molar-refractivity contribution is -0.141. The number of urea groups is 1. The number of hydrogen-bond acceptors (Lipinski definition) is 4. The maximum atomic E-state index is 11.3. The van der Waals surface area contributed by atoms with Gasteiger partial charge >= 0.3 is 12.0 Å². The molecule has 1 saturated heterocycles. The summed E-state index contributed by atoms with van der Waals surface area (Å²) in [5.41, 5.74) is 0. The third-order valence-corrected chi connectivity index (χ3v) is 2.73. The highest BCUT2D eigenvalue weighted by Gasteiger charge is 2.20. The van der Waals surface area contributed by atoms with Gasteiger partial charge in [0, 0.05) is 39.8 Å². The fourth-order valence-electron chi connectivity index (χ4n) is 1.68. The van der Waals surface area contributed by atoms with Gasteiger partial charge in [0.25, 0.3) is 0 Å². The first kappa shape index (κ1) is 12.8. The Morgan fingerprint density at radius 2 is 1.88 bits per heavy atom. The highest BCUT2D eigenvalue weighted by Crippen LogP contribution is 2.02. The molecule has 1 N–H and O–H groups in total. The second-order valence-corrected chi connectivity index (χ2v) is 3.71. The predicted octanol–water partition coefficient (Wildman–Crippen LogP) is -0.493. The fourth-order valence-corrected chi connectivity index (χ4v) is 1.68. The Bertz CT molecular complexity index is 250. The van der Waals surface area contributed by atoms with Crippen LogP contribution in [0.1, 0.15) is 6.42 Å². The van der Waals surface area contributed by atoms with Gasteiger partial charge in [-0.1, -0.05) is 0 Å². The summed E-state index contributed by atoms with van der Waals surface area (Å²) in [4.78, 5) is 26.2. The maximum Gasteiger partial charge on any atom is 0.317 e. The number of amides is 2. The number of piperazine rings is 1. The van der Waals surface area contributed by atoms with Gasteiger partial charge in [0.2, 0.25) is 0 Å². The number of carbonyl (C=O) groups is 2. The molecule has 1 aliphatic rings. The first-order valence-corrected chi connectivity index (χ1v) is 5.43. The van der Waals surface area contributed by atoms with Gasteiger partial charge in [0.1, 0.15) is 0 Å². The third kappa shape index (κ3) is 3.69. The highest BCUT2D eigenvalue weighted by molar-refractivity contribution is 5.73. The molecule has 1 heterocycles. The van der Waals surface area contributed by atoms with Crippen LogP contribution in [0.5, 0.6) is 0 Å². The number of rotatable bonds is 3. The first-order valence-electron chi connectivity index (χ1n) is 5.43. The number of methoxy groups -OCH3 is 1. The molecule has 0 aromatic heterocycles. The average molecular weight is 229 g/mol. The lowest BCUT2D eigenvalue weighted by Crippen LogP contribution is -2.51. The molecule has 6 nitrogen and oxygen atoms in total. The zero-order valence-corrected chi connectivity index (χ0v) is 9.86. The summed E-state index contributed by atoms with van der Waals surface area (Å²) < 4.78 is 4.58. The van der Waals surface area contributed by atoms with E-state index in [1.807, 2.05) is 0 Å². The summed E-state index contributed by atoms with van der Waals surface area (Å²) in [6.45, 7) is 3.74. The van der Waals surface area contributed by atoms with Crippen LogP contribution in [0, 0.1) is 0 Å². The maximum absolute atomic E-state index is 11.3. The van der Waals surface area contributed by atoms with Crippen molar-refractivity contribution in [3.8, 4) is 0 Å². The number of hydrogen-bond donors (Lipinski definition) is 1. The zero-order valence-electron chi connectivity index (χ0n) is 9.86. The molecule has 0 aliphatic carbocycles. The van der Waals surface area contributed by atoms with Crippen LogP contribution < -0.4 is 5.32 Å².